The minimum Gasteiger partial charge on any atom is -0.397 e. The number of rotatable bonds is 4. The van der Waals surface area contributed by atoms with Crippen LogP contribution in [0.2, 0.25) is 0 Å². The van der Waals surface area contributed by atoms with Crippen LogP contribution in [0.15, 0.2) is 12.1 Å². The SMILES string of the molecule is Cc1ccc2c(N)c(C(=O)NCC(C)(C)CO)sc2n1. The summed E-state index contributed by atoms with van der Waals surface area (Å²) in [5.41, 5.74) is 7.04. The molecular formula is C14H19N3O2S. The summed E-state index contributed by atoms with van der Waals surface area (Å²) in [6.07, 6.45) is 0. The van der Waals surface area contributed by atoms with Gasteiger partial charge in [0.05, 0.1) is 5.69 Å². The number of aliphatic hydroxyl groups is 1. The van der Waals surface area contributed by atoms with E-state index in [4.69, 9.17) is 5.73 Å². The number of pyridine rings is 1. The van der Waals surface area contributed by atoms with Gasteiger partial charge in [-0.2, -0.15) is 0 Å². The molecule has 0 radical (unpaired) electrons. The van der Waals surface area contributed by atoms with Gasteiger partial charge < -0.3 is 16.2 Å². The van der Waals surface area contributed by atoms with Gasteiger partial charge in [-0.15, -0.1) is 11.3 Å². The minimum atomic E-state index is -0.351. The second kappa shape index (κ2) is 5.38. The van der Waals surface area contributed by atoms with Gasteiger partial charge in [0.15, 0.2) is 0 Å². The molecule has 0 unspecified atom stereocenters. The van der Waals surface area contributed by atoms with Crippen LogP contribution in [0.3, 0.4) is 0 Å². The minimum absolute atomic E-state index is 0.00985. The van der Waals surface area contributed by atoms with Crippen molar-refractivity contribution in [3.8, 4) is 0 Å². The number of nitrogen functional groups attached to an aromatic ring is 1. The van der Waals surface area contributed by atoms with Crippen LogP contribution in [0.4, 0.5) is 5.69 Å². The topological polar surface area (TPSA) is 88.2 Å². The lowest BCUT2D eigenvalue weighted by Gasteiger charge is -2.21. The number of aryl methyl sites for hydroxylation is 1. The van der Waals surface area contributed by atoms with E-state index < -0.39 is 0 Å². The van der Waals surface area contributed by atoms with Crippen LogP contribution in [0, 0.1) is 12.3 Å². The Morgan fingerprint density at radius 1 is 1.50 bits per heavy atom. The van der Waals surface area contributed by atoms with Crippen molar-refractivity contribution in [3.63, 3.8) is 0 Å². The number of hydrogen-bond acceptors (Lipinski definition) is 5. The number of aliphatic hydroxyl groups excluding tert-OH is 1. The molecule has 0 aliphatic heterocycles. The predicted molar refractivity (Wildman–Crippen MR) is 82.0 cm³/mol. The van der Waals surface area contributed by atoms with Crippen molar-refractivity contribution in [2.75, 3.05) is 18.9 Å². The second-order valence-electron chi connectivity index (χ2n) is 5.66. The van der Waals surface area contributed by atoms with Gasteiger partial charge in [-0.05, 0) is 19.1 Å². The van der Waals surface area contributed by atoms with Gasteiger partial charge in [-0.25, -0.2) is 4.98 Å². The van der Waals surface area contributed by atoms with Crippen molar-refractivity contribution in [3.05, 3.63) is 22.7 Å². The number of carbonyl (C=O) groups is 1. The fourth-order valence-corrected chi connectivity index (χ4v) is 2.77. The Balaban J connectivity index is 2.24. The summed E-state index contributed by atoms with van der Waals surface area (Å²) in [6.45, 7) is 6.07. The molecule has 2 heterocycles. The summed E-state index contributed by atoms with van der Waals surface area (Å²) < 4.78 is 0. The molecule has 2 aromatic rings. The maximum Gasteiger partial charge on any atom is 0.263 e. The molecule has 2 aromatic heterocycles. The summed E-state index contributed by atoms with van der Waals surface area (Å²) in [5, 5.41) is 12.8. The Morgan fingerprint density at radius 3 is 2.85 bits per heavy atom. The van der Waals surface area contributed by atoms with Crippen molar-refractivity contribution < 1.29 is 9.90 Å². The molecule has 0 spiro atoms. The number of anilines is 1. The highest BCUT2D eigenvalue weighted by atomic mass is 32.1. The molecule has 0 aromatic carbocycles. The van der Waals surface area contributed by atoms with E-state index >= 15 is 0 Å². The van der Waals surface area contributed by atoms with Crippen LogP contribution in [0.5, 0.6) is 0 Å². The van der Waals surface area contributed by atoms with Crippen LogP contribution in [-0.2, 0) is 0 Å². The molecule has 20 heavy (non-hydrogen) atoms. The number of nitrogens with zero attached hydrogens (tertiary/aromatic N) is 1. The summed E-state index contributed by atoms with van der Waals surface area (Å²) in [5.74, 6) is -0.218. The molecule has 0 fully saturated rings. The Labute approximate surface area is 121 Å². The summed E-state index contributed by atoms with van der Waals surface area (Å²) in [4.78, 5) is 17.8. The smallest absolute Gasteiger partial charge is 0.263 e. The number of hydrogen-bond donors (Lipinski definition) is 3. The standard InChI is InChI=1S/C14H19N3O2S/c1-8-4-5-9-10(15)11(20-13(9)17-8)12(19)16-6-14(2,3)7-18/h4-5,18H,6-7,15H2,1-3H3,(H,16,19). The average Bonchev–Trinajstić information content (AvgIpc) is 2.73. The van der Waals surface area contributed by atoms with Gasteiger partial charge >= 0.3 is 0 Å². The molecule has 108 valence electrons. The van der Waals surface area contributed by atoms with Gasteiger partial charge in [0.25, 0.3) is 5.91 Å². The third kappa shape index (κ3) is 2.91. The molecule has 4 N–H and O–H groups in total. The fraction of sp³-hybridized carbons (Fsp3) is 0.429. The van der Waals surface area contributed by atoms with Gasteiger partial charge in [-0.3, -0.25) is 4.79 Å². The highest BCUT2D eigenvalue weighted by Crippen LogP contribution is 2.32. The van der Waals surface area contributed by atoms with E-state index in [0.717, 1.165) is 15.9 Å². The lowest BCUT2D eigenvalue weighted by molar-refractivity contribution is 0.0916. The fourth-order valence-electron chi connectivity index (χ4n) is 1.71. The van der Waals surface area contributed by atoms with Gasteiger partial charge in [-0.1, -0.05) is 13.8 Å². The number of nitrogens with one attached hydrogen (secondary N) is 1. The van der Waals surface area contributed by atoms with Crippen LogP contribution in [0.1, 0.15) is 29.2 Å². The molecule has 0 bridgehead atoms. The first kappa shape index (κ1) is 14.7. The van der Waals surface area contributed by atoms with Crippen LogP contribution < -0.4 is 11.1 Å². The van der Waals surface area contributed by atoms with E-state index in [2.05, 4.69) is 10.3 Å². The quantitative estimate of drug-likeness (QED) is 0.803. The van der Waals surface area contributed by atoms with E-state index in [0.29, 0.717) is 17.1 Å². The molecule has 2 rings (SSSR count). The Kier molecular flexibility index (Phi) is 3.96. The van der Waals surface area contributed by atoms with Gasteiger partial charge in [0.2, 0.25) is 0 Å². The highest BCUT2D eigenvalue weighted by Gasteiger charge is 2.21. The second-order valence-corrected chi connectivity index (χ2v) is 6.65. The van der Waals surface area contributed by atoms with Crippen LogP contribution in [0.25, 0.3) is 10.2 Å². The average molecular weight is 293 g/mol. The molecule has 6 heteroatoms. The molecule has 1 amide bonds. The first-order valence-electron chi connectivity index (χ1n) is 6.39. The number of thiophene rings is 1. The largest absolute Gasteiger partial charge is 0.397 e. The predicted octanol–water partition coefficient (Wildman–Crippen LogP) is 1.94. The Bertz CT molecular complexity index is 649. The lowest BCUT2D eigenvalue weighted by Crippen LogP contribution is -2.35. The van der Waals surface area contributed by atoms with Crippen molar-refractivity contribution >= 4 is 33.1 Å². The molecular weight excluding hydrogens is 274 g/mol. The van der Waals surface area contributed by atoms with E-state index in [1.165, 1.54) is 11.3 Å². The number of fused-ring (bicyclic) bond motifs is 1. The van der Waals surface area contributed by atoms with Crippen LogP contribution in [-0.4, -0.2) is 29.1 Å². The molecule has 0 atom stereocenters. The number of nitrogens with two attached hydrogens (primary N) is 1. The van der Waals surface area contributed by atoms with Crippen molar-refractivity contribution in [1.82, 2.24) is 10.3 Å². The summed E-state index contributed by atoms with van der Waals surface area (Å²) in [6, 6.07) is 3.76. The molecule has 0 saturated heterocycles. The number of amides is 1. The zero-order valence-corrected chi connectivity index (χ0v) is 12.7. The van der Waals surface area contributed by atoms with E-state index in [-0.39, 0.29) is 17.9 Å². The number of aromatic nitrogens is 1. The van der Waals surface area contributed by atoms with Crippen molar-refractivity contribution in [2.24, 2.45) is 5.41 Å². The van der Waals surface area contributed by atoms with E-state index in [1.54, 1.807) is 0 Å². The van der Waals surface area contributed by atoms with E-state index in [1.807, 2.05) is 32.9 Å². The summed E-state index contributed by atoms with van der Waals surface area (Å²) >= 11 is 1.29. The monoisotopic (exact) mass is 293 g/mol. The molecule has 0 aliphatic carbocycles. The van der Waals surface area contributed by atoms with Crippen molar-refractivity contribution in [1.29, 1.82) is 0 Å². The van der Waals surface area contributed by atoms with Gasteiger partial charge in [0.1, 0.15) is 9.71 Å². The third-order valence-electron chi connectivity index (χ3n) is 3.09. The van der Waals surface area contributed by atoms with Crippen molar-refractivity contribution in [2.45, 2.75) is 20.8 Å². The van der Waals surface area contributed by atoms with Gasteiger partial charge in [0, 0.05) is 29.6 Å². The molecule has 0 saturated carbocycles. The van der Waals surface area contributed by atoms with E-state index in [9.17, 15) is 9.90 Å². The Hall–Kier alpha value is -1.66. The third-order valence-corrected chi connectivity index (χ3v) is 4.21. The maximum absolute atomic E-state index is 12.2. The highest BCUT2D eigenvalue weighted by molar-refractivity contribution is 7.21. The maximum atomic E-state index is 12.2. The zero-order valence-electron chi connectivity index (χ0n) is 11.9. The summed E-state index contributed by atoms with van der Waals surface area (Å²) in [7, 11) is 0. The first-order valence-corrected chi connectivity index (χ1v) is 7.20. The zero-order chi connectivity index (χ0) is 14.9. The lowest BCUT2D eigenvalue weighted by atomic mass is 9.95. The first-order chi connectivity index (χ1) is 9.34. The molecule has 0 aliphatic rings. The van der Waals surface area contributed by atoms with Crippen LogP contribution >= 0.6 is 11.3 Å². The normalized spacial score (nSPS) is 11.8. The molecule has 5 nitrogen and oxygen atoms in total. The number of carbonyl (C=O) groups excluding carboxylic acids is 1. The Morgan fingerprint density at radius 2 is 2.20 bits per heavy atom.